The molecule has 0 spiro atoms. The molecule has 1 nitrogen and oxygen atoms in total. The Balaban J connectivity index is 1.92. The Hall–Kier alpha value is -1.89. The summed E-state index contributed by atoms with van der Waals surface area (Å²) in [5.41, 5.74) is 3.36. The zero-order valence-electron chi connectivity index (χ0n) is 11.4. The quantitative estimate of drug-likeness (QED) is 0.694. The number of carbonyl (C=O) groups excluding carboxylic acids is 1. The van der Waals surface area contributed by atoms with Gasteiger partial charge in [-0.3, -0.25) is 4.79 Å². The van der Waals surface area contributed by atoms with Crippen LogP contribution in [0.4, 0.5) is 0 Å². The van der Waals surface area contributed by atoms with Gasteiger partial charge in [0.15, 0.2) is 5.78 Å². The van der Waals surface area contributed by atoms with Gasteiger partial charge >= 0.3 is 0 Å². The average Bonchev–Trinajstić information content (AvgIpc) is 2.47. The maximum Gasteiger partial charge on any atom is 0.163 e. The van der Waals surface area contributed by atoms with E-state index in [1.807, 2.05) is 30.3 Å². The summed E-state index contributed by atoms with van der Waals surface area (Å²) in [6.45, 7) is 2.17. The molecule has 0 atom stereocenters. The molecule has 0 fully saturated rings. The van der Waals surface area contributed by atoms with Crippen molar-refractivity contribution in [1.82, 2.24) is 0 Å². The highest BCUT2D eigenvalue weighted by atomic mass is 16.1. The molecule has 0 saturated heterocycles. The summed E-state index contributed by atoms with van der Waals surface area (Å²) in [5, 5.41) is 0. The number of hydrogen-bond acceptors (Lipinski definition) is 1. The Labute approximate surface area is 115 Å². The van der Waals surface area contributed by atoms with Crippen molar-refractivity contribution >= 4 is 5.78 Å². The summed E-state index contributed by atoms with van der Waals surface area (Å²) >= 11 is 0. The van der Waals surface area contributed by atoms with Crippen LogP contribution in [0.25, 0.3) is 0 Å². The van der Waals surface area contributed by atoms with Gasteiger partial charge in [-0.25, -0.2) is 0 Å². The summed E-state index contributed by atoms with van der Waals surface area (Å²) in [6.07, 6.45) is 3.62. The van der Waals surface area contributed by atoms with Crippen LogP contribution in [0, 0.1) is 0 Å². The second kappa shape index (κ2) is 6.89. The van der Waals surface area contributed by atoms with Crippen molar-refractivity contribution < 1.29 is 4.79 Å². The molecule has 0 aliphatic carbocycles. The van der Waals surface area contributed by atoms with E-state index in [0.717, 1.165) is 24.8 Å². The third-order valence-electron chi connectivity index (χ3n) is 3.30. The minimum atomic E-state index is 0.229. The van der Waals surface area contributed by atoms with Crippen LogP contribution >= 0.6 is 0 Å². The Kier molecular flexibility index (Phi) is 4.91. The van der Waals surface area contributed by atoms with E-state index < -0.39 is 0 Å². The fraction of sp³-hybridized carbons (Fsp3) is 0.278. The lowest BCUT2D eigenvalue weighted by molar-refractivity contribution is 0.0983. The summed E-state index contributed by atoms with van der Waals surface area (Å²) in [4.78, 5) is 12.1. The van der Waals surface area contributed by atoms with Gasteiger partial charge in [-0.05, 0) is 24.0 Å². The molecule has 0 amide bonds. The molecule has 0 saturated carbocycles. The molecule has 98 valence electrons. The van der Waals surface area contributed by atoms with Crippen molar-refractivity contribution in [2.24, 2.45) is 0 Å². The van der Waals surface area contributed by atoms with Crippen molar-refractivity contribution in [3.63, 3.8) is 0 Å². The van der Waals surface area contributed by atoms with Crippen LogP contribution in [0.1, 0.15) is 41.3 Å². The van der Waals surface area contributed by atoms with Crippen LogP contribution in [0.5, 0.6) is 0 Å². The first-order chi connectivity index (χ1) is 9.29. The van der Waals surface area contributed by atoms with E-state index in [1.54, 1.807) is 0 Å². The Morgan fingerprint density at radius 3 is 2.11 bits per heavy atom. The molecule has 0 aromatic heterocycles. The predicted octanol–water partition coefficient (Wildman–Crippen LogP) is 4.45. The highest BCUT2D eigenvalue weighted by Crippen LogP contribution is 2.11. The first-order valence-electron chi connectivity index (χ1n) is 6.95. The number of Topliss-reactive ketones (excluding diaryl/α,β-unsaturated/α-hetero) is 1. The van der Waals surface area contributed by atoms with Gasteiger partial charge in [-0.15, -0.1) is 0 Å². The highest BCUT2D eigenvalue weighted by Gasteiger charge is 2.05. The Morgan fingerprint density at radius 2 is 1.47 bits per heavy atom. The summed E-state index contributed by atoms with van der Waals surface area (Å²) in [7, 11) is 0. The maximum absolute atomic E-state index is 12.1. The summed E-state index contributed by atoms with van der Waals surface area (Å²) in [6, 6.07) is 18.2. The van der Waals surface area contributed by atoms with Crippen LogP contribution in [0.3, 0.4) is 0 Å². The van der Waals surface area contributed by atoms with Crippen molar-refractivity contribution in [3.05, 3.63) is 71.3 Å². The fourth-order valence-corrected chi connectivity index (χ4v) is 2.19. The topological polar surface area (TPSA) is 17.1 Å². The summed E-state index contributed by atoms with van der Waals surface area (Å²) in [5.74, 6) is 0.229. The number of carbonyl (C=O) groups is 1. The standard InChI is InChI=1S/C18H20O/c1-2-6-15-9-12-17(13-10-15)18(19)14-11-16-7-4-3-5-8-16/h3-5,7-10,12-13H,2,6,11,14H2,1H3. The molecular weight excluding hydrogens is 232 g/mol. The van der Waals surface area contributed by atoms with Crippen LogP contribution < -0.4 is 0 Å². The zero-order valence-corrected chi connectivity index (χ0v) is 11.4. The van der Waals surface area contributed by atoms with E-state index in [2.05, 4.69) is 31.2 Å². The van der Waals surface area contributed by atoms with E-state index in [0.29, 0.717) is 6.42 Å². The maximum atomic E-state index is 12.1. The van der Waals surface area contributed by atoms with E-state index in [4.69, 9.17) is 0 Å². The third kappa shape index (κ3) is 4.06. The molecule has 0 aliphatic rings. The lowest BCUT2D eigenvalue weighted by Gasteiger charge is -2.03. The number of aryl methyl sites for hydroxylation is 2. The van der Waals surface area contributed by atoms with Gasteiger partial charge in [-0.1, -0.05) is 67.9 Å². The molecule has 19 heavy (non-hydrogen) atoms. The van der Waals surface area contributed by atoms with Crippen LogP contribution in [0.2, 0.25) is 0 Å². The third-order valence-corrected chi connectivity index (χ3v) is 3.30. The van der Waals surface area contributed by atoms with Crippen molar-refractivity contribution in [2.45, 2.75) is 32.6 Å². The number of hydrogen-bond donors (Lipinski definition) is 0. The van der Waals surface area contributed by atoms with Crippen LogP contribution in [-0.2, 0) is 12.8 Å². The molecule has 0 heterocycles. The Morgan fingerprint density at radius 1 is 0.842 bits per heavy atom. The van der Waals surface area contributed by atoms with E-state index in [9.17, 15) is 4.79 Å². The lowest BCUT2D eigenvalue weighted by Crippen LogP contribution is -2.01. The number of ketones is 1. The SMILES string of the molecule is CCCc1ccc(C(=O)CCc2ccccc2)cc1. The van der Waals surface area contributed by atoms with Gasteiger partial charge in [0.25, 0.3) is 0 Å². The fourth-order valence-electron chi connectivity index (χ4n) is 2.19. The number of benzene rings is 2. The summed E-state index contributed by atoms with van der Waals surface area (Å²) < 4.78 is 0. The molecule has 1 heteroatoms. The zero-order chi connectivity index (χ0) is 13.5. The largest absolute Gasteiger partial charge is 0.294 e. The lowest BCUT2D eigenvalue weighted by atomic mass is 10.0. The first-order valence-corrected chi connectivity index (χ1v) is 6.95. The second-order valence-electron chi connectivity index (χ2n) is 4.86. The van der Waals surface area contributed by atoms with E-state index in [1.165, 1.54) is 11.1 Å². The van der Waals surface area contributed by atoms with Crippen molar-refractivity contribution in [2.75, 3.05) is 0 Å². The molecular formula is C18H20O. The molecule has 2 aromatic carbocycles. The monoisotopic (exact) mass is 252 g/mol. The average molecular weight is 252 g/mol. The Bertz CT molecular complexity index is 511. The van der Waals surface area contributed by atoms with Crippen molar-refractivity contribution in [3.8, 4) is 0 Å². The minimum Gasteiger partial charge on any atom is -0.294 e. The van der Waals surface area contributed by atoms with Gasteiger partial charge < -0.3 is 0 Å². The van der Waals surface area contributed by atoms with E-state index in [-0.39, 0.29) is 5.78 Å². The minimum absolute atomic E-state index is 0.229. The van der Waals surface area contributed by atoms with Gasteiger partial charge in [0, 0.05) is 12.0 Å². The molecule has 2 aromatic rings. The van der Waals surface area contributed by atoms with Gasteiger partial charge in [0.05, 0.1) is 0 Å². The van der Waals surface area contributed by atoms with Crippen LogP contribution in [-0.4, -0.2) is 5.78 Å². The van der Waals surface area contributed by atoms with Gasteiger partial charge in [0.1, 0.15) is 0 Å². The molecule has 0 radical (unpaired) electrons. The highest BCUT2D eigenvalue weighted by molar-refractivity contribution is 5.96. The van der Waals surface area contributed by atoms with Crippen molar-refractivity contribution in [1.29, 1.82) is 0 Å². The second-order valence-corrected chi connectivity index (χ2v) is 4.86. The molecule has 2 rings (SSSR count). The van der Waals surface area contributed by atoms with Gasteiger partial charge in [0.2, 0.25) is 0 Å². The molecule has 0 unspecified atom stereocenters. The number of rotatable bonds is 6. The molecule has 0 aliphatic heterocycles. The first kappa shape index (κ1) is 13.5. The smallest absolute Gasteiger partial charge is 0.163 e. The normalized spacial score (nSPS) is 10.4. The van der Waals surface area contributed by atoms with Crippen LogP contribution in [0.15, 0.2) is 54.6 Å². The molecule has 0 bridgehead atoms. The molecule has 0 N–H and O–H groups in total. The predicted molar refractivity (Wildman–Crippen MR) is 79.5 cm³/mol. The van der Waals surface area contributed by atoms with Gasteiger partial charge in [-0.2, -0.15) is 0 Å². The van der Waals surface area contributed by atoms with E-state index >= 15 is 0 Å².